The molecule has 1 aliphatic rings. The topological polar surface area (TPSA) is 90.5 Å². The van der Waals surface area contributed by atoms with Crippen LogP contribution in [0.5, 0.6) is 0 Å². The molecule has 3 aromatic heterocycles. The van der Waals surface area contributed by atoms with E-state index < -0.39 is 0 Å². The summed E-state index contributed by atoms with van der Waals surface area (Å²) in [7, 11) is 1.89. The second kappa shape index (κ2) is 7.07. The zero-order chi connectivity index (χ0) is 17.9. The predicted octanol–water partition coefficient (Wildman–Crippen LogP) is 1.14. The highest BCUT2D eigenvalue weighted by atomic mass is 16.1. The van der Waals surface area contributed by atoms with Gasteiger partial charge in [0.15, 0.2) is 5.82 Å². The lowest BCUT2D eigenvalue weighted by molar-refractivity contribution is -0.121. The third-order valence-corrected chi connectivity index (χ3v) is 4.69. The molecule has 0 spiro atoms. The number of nitrogens with one attached hydrogen (secondary N) is 1. The Labute approximate surface area is 151 Å². The second-order valence-electron chi connectivity index (χ2n) is 6.62. The number of nitrogens with zero attached hydrogens (tertiary/aromatic N) is 6. The smallest absolute Gasteiger partial charge is 0.224 e. The third-order valence-electron chi connectivity index (χ3n) is 4.69. The number of rotatable bonds is 4. The van der Waals surface area contributed by atoms with Crippen molar-refractivity contribution in [3.8, 4) is 11.4 Å². The summed E-state index contributed by atoms with van der Waals surface area (Å²) in [5, 5.41) is 16.0. The largest absolute Gasteiger partial charge is 0.353 e. The molecule has 0 fully saturated rings. The average molecular weight is 351 g/mol. The van der Waals surface area contributed by atoms with Crippen molar-refractivity contribution in [1.29, 1.82) is 0 Å². The van der Waals surface area contributed by atoms with E-state index in [2.05, 4.69) is 30.2 Å². The molecular weight excluding hydrogens is 330 g/mol. The van der Waals surface area contributed by atoms with Crippen LogP contribution in [-0.2, 0) is 31.2 Å². The van der Waals surface area contributed by atoms with E-state index in [1.807, 2.05) is 25.4 Å². The molecule has 134 valence electrons. The van der Waals surface area contributed by atoms with Crippen molar-refractivity contribution in [2.45, 2.75) is 38.3 Å². The van der Waals surface area contributed by atoms with Gasteiger partial charge in [-0.25, -0.2) is 0 Å². The van der Waals surface area contributed by atoms with Crippen molar-refractivity contribution in [2.75, 3.05) is 0 Å². The van der Waals surface area contributed by atoms with Gasteiger partial charge >= 0.3 is 0 Å². The number of hydrogen-bond donors (Lipinski definition) is 1. The van der Waals surface area contributed by atoms with Crippen LogP contribution < -0.4 is 5.32 Å². The molecular formula is C18H21N7O. The summed E-state index contributed by atoms with van der Waals surface area (Å²) < 4.78 is 3.90. The number of carbonyl (C=O) groups excluding carboxylic acids is 1. The Kier molecular flexibility index (Phi) is 4.47. The van der Waals surface area contributed by atoms with Crippen molar-refractivity contribution in [1.82, 2.24) is 34.8 Å². The molecule has 0 saturated carbocycles. The maximum Gasteiger partial charge on any atom is 0.224 e. The molecule has 0 saturated heterocycles. The van der Waals surface area contributed by atoms with Crippen LogP contribution in [0.2, 0.25) is 0 Å². The minimum Gasteiger partial charge on any atom is -0.353 e. The van der Waals surface area contributed by atoms with Gasteiger partial charge in [0.25, 0.3) is 0 Å². The summed E-state index contributed by atoms with van der Waals surface area (Å²) in [5.41, 5.74) is 1.94. The molecule has 1 unspecified atom stereocenters. The highest BCUT2D eigenvalue weighted by molar-refractivity contribution is 5.78. The fraction of sp³-hybridized carbons (Fsp3) is 0.389. The molecule has 1 amide bonds. The summed E-state index contributed by atoms with van der Waals surface area (Å²) in [6.45, 7) is 0.784. The predicted molar refractivity (Wildman–Crippen MR) is 95.0 cm³/mol. The van der Waals surface area contributed by atoms with Gasteiger partial charge in [0.2, 0.25) is 5.91 Å². The third kappa shape index (κ3) is 3.49. The van der Waals surface area contributed by atoms with Crippen molar-refractivity contribution >= 4 is 5.91 Å². The Balaban J connectivity index is 1.41. The van der Waals surface area contributed by atoms with E-state index in [9.17, 15) is 4.79 Å². The van der Waals surface area contributed by atoms with Gasteiger partial charge in [-0.1, -0.05) is 0 Å². The number of fused-ring (bicyclic) bond motifs is 1. The lowest BCUT2D eigenvalue weighted by Crippen LogP contribution is -2.36. The van der Waals surface area contributed by atoms with Crippen molar-refractivity contribution in [2.24, 2.45) is 7.05 Å². The molecule has 8 heteroatoms. The summed E-state index contributed by atoms with van der Waals surface area (Å²) >= 11 is 0. The monoisotopic (exact) mass is 351 g/mol. The lowest BCUT2D eigenvalue weighted by atomic mass is 10.1. The Morgan fingerprint density at radius 2 is 2.12 bits per heavy atom. The van der Waals surface area contributed by atoms with Crippen molar-refractivity contribution in [3.63, 3.8) is 0 Å². The first-order valence-corrected chi connectivity index (χ1v) is 8.78. The summed E-state index contributed by atoms with van der Waals surface area (Å²) in [6, 6.07) is 3.88. The maximum atomic E-state index is 12.3. The first-order valence-electron chi connectivity index (χ1n) is 8.78. The Morgan fingerprint density at radius 3 is 2.88 bits per heavy atom. The van der Waals surface area contributed by atoms with Crippen LogP contribution in [0.4, 0.5) is 0 Å². The van der Waals surface area contributed by atoms with Gasteiger partial charge in [-0.05, 0) is 30.5 Å². The van der Waals surface area contributed by atoms with Crippen LogP contribution in [0.25, 0.3) is 11.4 Å². The number of pyridine rings is 1. The number of carbonyl (C=O) groups is 1. The standard InChI is InChI=1S/C18H21N7O/c1-24-12-14(11-20-24)18-23-22-16-3-2-15(6-9-25(16)18)21-17(26)10-13-4-7-19-8-5-13/h4-5,7-8,11-12,15H,2-3,6,9-10H2,1H3,(H,21,26). The van der Waals surface area contributed by atoms with Gasteiger partial charge in [0.05, 0.1) is 18.2 Å². The number of hydrogen-bond acceptors (Lipinski definition) is 5. The van der Waals surface area contributed by atoms with E-state index in [-0.39, 0.29) is 11.9 Å². The van der Waals surface area contributed by atoms with Crippen LogP contribution in [-0.4, -0.2) is 41.5 Å². The summed E-state index contributed by atoms with van der Waals surface area (Å²) in [5.74, 6) is 1.86. The Hall–Kier alpha value is -3.03. The Bertz CT molecular complexity index is 899. The van der Waals surface area contributed by atoms with Crippen molar-refractivity contribution < 1.29 is 4.79 Å². The van der Waals surface area contributed by atoms with Crippen LogP contribution in [0, 0.1) is 0 Å². The van der Waals surface area contributed by atoms with E-state index in [0.717, 1.165) is 48.6 Å². The minimum atomic E-state index is 0.0475. The first-order chi connectivity index (χ1) is 12.7. The van der Waals surface area contributed by atoms with E-state index in [4.69, 9.17) is 0 Å². The molecule has 1 aliphatic heterocycles. The summed E-state index contributed by atoms with van der Waals surface area (Å²) in [6.07, 6.45) is 10.1. The van der Waals surface area contributed by atoms with E-state index in [1.165, 1.54) is 0 Å². The van der Waals surface area contributed by atoms with Crippen LogP contribution in [0.3, 0.4) is 0 Å². The maximum absolute atomic E-state index is 12.3. The van der Waals surface area contributed by atoms with Gasteiger partial charge < -0.3 is 9.88 Å². The fourth-order valence-corrected chi connectivity index (χ4v) is 3.35. The fourth-order valence-electron chi connectivity index (χ4n) is 3.35. The van der Waals surface area contributed by atoms with Crippen LogP contribution in [0.15, 0.2) is 36.9 Å². The number of aryl methyl sites for hydroxylation is 2. The molecule has 26 heavy (non-hydrogen) atoms. The van der Waals surface area contributed by atoms with E-state index in [1.54, 1.807) is 23.3 Å². The van der Waals surface area contributed by atoms with Gasteiger partial charge in [0, 0.05) is 44.6 Å². The Morgan fingerprint density at radius 1 is 1.27 bits per heavy atom. The first kappa shape index (κ1) is 16.4. The molecule has 0 bridgehead atoms. The molecule has 3 aromatic rings. The minimum absolute atomic E-state index is 0.0475. The molecule has 0 aliphatic carbocycles. The zero-order valence-corrected chi connectivity index (χ0v) is 14.7. The van der Waals surface area contributed by atoms with Gasteiger partial charge in [-0.3, -0.25) is 14.5 Å². The highest BCUT2D eigenvalue weighted by Crippen LogP contribution is 2.22. The lowest BCUT2D eigenvalue weighted by Gasteiger charge is -2.16. The number of amides is 1. The zero-order valence-electron chi connectivity index (χ0n) is 14.7. The van der Waals surface area contributed by atoms with Crippen LogP contribution >= 0.6 is 0 Å². The molecule has 4 rings (SSSR count). The van der Waals surface area contributed by atoms with Gasteiger partial charge in [-0.2, -0.15) is 5.10 Å². The van der Waals surface area contributed by atoms with E-state index >= 15 is 0 Å². The van der Waals surface area contributed by atoms with Crippen molar-refractivity contribution in [3.05, 3.63) is 48.3 Å². The molecule has 1 N–H and O–H groups in total. The van der Waals surface area contributed by atoms with Gasteiger partial charge in [0.1, 0.15) is 5.82 Å². The highest BCUT2D eigenvalue weighted by Gasteiger charge is 2.22. The molecule has 0 radical (unpaired) electrons. The number of aromatic nitrogens is 6. The molecule has 8 nitrogen and oxygen atoms in total. The quantitative estimate of drug-likeness (QED) is 0.761. The summed E-state index contributed by atoms with van der Waals surface area (Å²) in [4.78, 5) is 16.3. The average Bonchev–Trinajstić information content (AvgIpc) is 3.19. The normalized spacial score (nSPS) is 16.7. The van der Waals surface area contributed by atoms with Crippen LogP contribution in [0.1, 0.15) is 24.2 Å². The molecule has 4 heterocycles. The van der Waals surface area contributed by atoms with Gasteiger partial charge in [-0.15, -0.1) is 10.2 Å². The van der Waals surface area contributed by atoms with E-state index in [0.29, 0.717) is 6.42 Å². The second-order valence-corrected chi connectivity index (χ2v) is 6.62. The molecule has 0 aromatic carbocycles. The molecule has 1 atom stereocenters. The SMILES string of the molecule is Cn1cc(-c2nnc3n2CCC(NC(=O)Cc2ccncc2)CC3)cn1.